The molecule has 0 spiro atoms. The molecule has 5 heteroatoms. The van der Waals surface area contributed by atoms with E-state index in [1.54, 1.807) is 0 Å². The smallest absolute Gasteiger partial charge is 0.173 e. The van der Waals surface area contributed by atoms with Crippen molar-refractivity contribution in [1.82, 2.24) is 4.90 Å². The van der Waals surface area contributed by atoms with Crippen molar-refractivity contribution in [1.29, 1.82) is 0 Å². The fourth-order valence-corrected chi connectivity index (χ4v) is 8.67. The molecule has 4 aliphatic carbocycles. The SMILES string of the molecule is CC12CCC(C(CN(CC3C(=O)C4(C)CCC3C4(C)C)C(=S)Nc3ccccc3)C1=O)C2(C)C. The van der Waals surface area contributed by atoms with E-state index in [0.717, 1.165) is 31.4 Å². The predicted molar refractivity (Wildman–Crippen MR) is 140 cm³/mol. The summed E-state index contributed by atoms with van der Waals surface area (Å²) in [5.74, 6) is 1.48. The van der Waals surface area contributed by atoms with Gasteiger partial charge in [-0.3, -0.25) is 9.59 Å². The van der Waals surface area contributed by atoms with E-state index in [2.05, 4.69) is 51.8 Å². The Bertz CT molecular complexity index is 978. The van der Waals surface area contributed by atoms with Gasteiger partial charge >= 0.3 is 0 Å². The maximum atomic E-state index is 13.6. The van der Waals surface area contributed by atoms with Gasteiger partial charge in [0.1, 0.15) is 11.6 Å². The van der Waals surface area contributed by atoms with Crippen LogP contribution in [0.2, 0.25) is 0 Å². The van der Waals surface area contributed by atoms with E-state index in [4.69, 9.17) is 12.2 Å². The molecule has 4 fully saturated rings. The van der Waals surface area contributed by atoms with Gasteiger partial charge < -0.3 is 10.2 Å². The van der Waals surface area contributed by atoms with Gasteiger partial charge in [0.15, 0.2) is 5.11 Å². The number of rotatable bonds is 5. The zero-order valence-electron chi connectivity index (χ0n) is 21.6. The van der Waals surface area contributed by atoms with Crippen molar-refractivity contribution in [3.63, 3.8) is 0 Å². The first-order valence-electron chi connectivity index (χ1n) is 13.0. The number of Topliss-reactive ketones (excluding diaryl/α,β-unsaturated/α-hetero) is 2. The van der Waals surface area contributed by atoms with E-state index >= 15 is 0 Å². The van der Waals surface area contributed by atoms with E-state index in [0.29, 0.717) is 41.6 Å². The van der Waals surface area contributed by atoms with Crippen LogP contribution in [0, 0.1) is 45.3 Å². The van der Waals surface area contributed by atoms with Crippen LogP contribution in [-0.2, 0) is 9.59 Å². The van der Waals surface area contributed by atoms with Crippen molar-refractivity contribution in [3.05, 3.63) is 30.3 Å². The summed E-state index contributed by atoms with van der Waals surface area (Å²) < 4.78 is 0. The highest BCUT2D eigenvalue weighted by Gasteiger charge is 2.68. The van der Waals surface area contributed by atoms with Crippen molar-refractivity contribution in [3.8, 4) is 0 Å². The van der Waals surface area contributed by atoms with E-state index in [-0.39, 0.29) is 33.5 Å². The van der Waals surface area contributed by atoms with Gasteiger partial charge in [0.05, 0.1) is 0 Å². The number of fused-ring (bicyclic) bond motifs is 4. The lowest BCUT2D eigenvalue weighted by Crippen LogP contribution is -2.47. The maximum Gasteiger partial charge on any atom is 0.173 e. The lowest BCUT2D eigenvalue weighted by atomic mass is 9.70. The number of ketones is 2. The number of carbonyl (C=O) groups is 2. The van der Waals surface area contributed by atoms with E-state index < -0.39 is 0 Å². The summed E-state index contributed by atoms with van der Waals surface area (Å²) >= 11 is 5.94. The van der Waals surface area contributed by atoms with Crippen molar-refractivity contribution in [2.45, 2.75) is 67.2 Å². The molecular weight excluding hydrogens is 440 g/mol. The Kier molecular flexibility index (Phi) is 5.37. The minimum atomic E-state index is -0.250. The lowest BCUT2D eigenvalue weighted by Gasteiger charge is -2.36. The first-order chi connectivity index (χ1) is 15.8. The molecule has 4 aliphatic rings. The van der Waals surface area contributed by atoms with Crippen LogP contribution < -0.4 is 5.32 Å². The lowest BCUT2D eigenvalue weighted by molar-refractivity contribution is -0.132. The zero-order chi connectivity index (χ0) is 24.7. The van der Waals surface area contributed by atoms with Crippen LogP contribution in [0.4, 0.5) is 5.69 Å². The Morgan fingerprint density at radius 3 is 1.68 bits per heavy atom. The molecule has 6 unspecified atom stereocenters. The van der Waals surface area contributed by atoms with Gasteiger partial charge in [0.25, 0.3) is 0 Å². The van der Waals surface area contributed by atoms with Crippen molar-refractivity contribution < 1.29 is 9.59 Å². The normalized spacial score (nSPS) is 39.0. The van der Waals surface area contributed by atoms with E-state index in [1.165, 1.54) is 0 Å². The molecule has 0 radical (unpaired) electrons. The Hall–Kier alpha value is -1.75. The third kappa shape index (κ3) is 3.04. The molecule has 6 atom stereocenters. The number of nitrogens with one attached hydrogen (secondary N) is 1. The molecule has 4 nitrogen and oxygen atoms in total. The topological polar surface area (TPSA) is 49.4 Å². The Morgan fingerprint density at radius 2 is 1.29 bits per heavy atom. The van der Waals surface area contributed by atoms with Gasteiger partial charge in [0, 0.05) is 41.4 Å². The summed E-state index contributed by atoms with van der Waals surface area (Å²) in [5, 5.41) is 4.03. The summed E-state index contributed by atoms with van der Waals surface area (Å²) in [5.41, 5.74) is 0.454. The van der Waals surface area contributed by atoms with Crippen LogP contribution in [0.3, 0.4) is 0 Å². The maximum absolute atomic E-state index is 13.6. The second-order valence-corrected chi connectivity index (χ2v) is 13.4. The van der Waals surface area contributed by atoms with Crippen LogP contribution in [-0.4, -0.2) is 34.7 Å². The molecule has 5 rings (SSSR count). The number of benzene rings is 1. The highest BCUT2D eigenvalue weighted by molar-refractivity contribution is 7.80. The minimum absolute atomic E-state index is 0.00656. The molecule has 0 aliphatic heterocycles. The minimum Gasteiger partial charge on any atom is -0.348 e. The fourth-order valence-electron chi connectivity index (χ4n) is 8.41. The Balaban J connectivity index is 1.43. The summed E-state index contributed by atoms with van der Waals surface area (Å²) in [4.78, 5) is 29.5. The average Bonchev–Trinajstić information content (AvgIpc) is 3.26. The van der Waals surface area contributed by atoms with Gasteiger partial charge in [-0.15, -0.1) is 0 Å². The summed E-state index contributed by atoms with van der Waals surface area (Å²) in [7, 11) is 0. The number of hydrogen-bond acceptors (Lipinski definition) is 3. The van der Waals surface area contributed by atoms with Gasteiger partial charge in [-0.25, -0.2) is 0 Å². The summed E-state index contributed by atoms with van der Waals surface area (Å²) in [6, 6.07) is 9.97. The third-order valence-corrected chi connectivity index (χ3v) is 11.8. The monoisotopic (exact) mass is 480 g/mol. The number of para-hydroxylation sites is 1. The highest BCUT2D eigenvalue weighted by atomic mass is 32.1. The van der Waals surface area contributed by atoms with Crippen LogP contribution >= 0.6 is 12.2 Å². The first-order valence-corrected chi connectivity index (χ1v) is 13.4. The number of nitrogens with zero attached hydrogens (tertiary/aromatic N) is 1. The second kappa shape index (κ2) is 7.62. The van der Waals surface area contributed by atoms with E-state index in [1.807, 2.05) is 30.3 Å². The van der Waals surface area contributed by atoms with Crippen LogP contribution in [0.15, 0.2) is 30.3 Å². The number of anilines is 1. The molecule has 1 N–H and O–H groups in total. The molecule has 1 aromatic carbocycles. The van der Waals surface area contributed by atoms with Crippen LogP contribution in [0.5, 0.6) is 0 Å². The van der Waals surface area contributed by atoms with Crippen LogP contribution in [0.1, 0.15) is 67.2 Å². The van der Waals surface area contributed by atoms with Gasteiger partial charge in [-0.05, 0) is 72.7 Å². The van der Waals surface area contributed by atoms with Gasteiger partial charge in [-0.2, -0.15) is 0 Å². The molecule has 184 valence electrons. The first kappa shape index (κ1) is 24.0. The quantitative estimate of drug-likeness (QED) is 0.526. The average molecular weight is 481 g/mol. The van der Waals surface area contributed by atoms with Crippen molar-refractivity contribution >= 4 is 34.6 Å². The number of hydrogen-bond donors (Lipinski definition) is 1. The fraction of sp³-hybridized carbons (Fsp3) is 0.690. The summed E-state index contributed by atoms with van der Waals surface area (Å²) in [6.45, 7) is 14.6. The molecule has 4 bridgehead atoms. The highest BCUT2D eigenvalue weighted by Crippen LogP contribution is 2.67. The largest absolute Gasteiger partial charge is 0.348 e. The molecule has 4 saturated carbocycles. The third-order valence-electron chi connectivity index (χ3n) is 11.5. The Morgan fingerprint density at radius 1 is 0.853 bits per heavy atom. The van der Waals surface area contributed by atoms with Crippen molar-refractivity contribution in [2.75, 3.05) is 18.4 Å². The summed E-state index contributed by atoms with van der Waals surface area (Å²) in [6.07, 6.45) is 4.18. The van der Waals surface area contributed by atoms with Gasteiger partial charge in [-0.1, -0.05) is 59.7 Å². The molecular formula is C29H40N2O2S. The molecule has 0 saturated heterocycles. The second-order valence-electron chi connectivity index (χ2n) is 13.0. The predicted octanol–water partition coefficient (Wildman–Crippen LogP) is 5.97. The molecule has 34 heavy (non-hydrogen) atoms. The molecule has 0 amide bonds. The molecule has 0 aromatic heterocycles. The molecule has 0 heterocycles. The van der Waals surface area contributed by atoms with E-state index in [9.17, 15) is 9.59 Å². The Labute approximate surface area is 210 Å². The van der Waals surface area contributed by atoms with Crippen LogP contribution in [0.25, 0.3) is 0 Å². The van der Waals surface area contributed by atoms with Gasteiger partial charge in [0.2, 0.25) is 0 Å². The molecule has 1 aromatic rings. The zero-order valence-corrected chi connectivity index (χ0v) is 22.4. The standard InChI is InChI=1S/C29H40N2O2S/c1-26(2)21-12-14-28(26,5)23(32)19(21)16-31(25(34)30-18-10-8-7-9-11-18)17-20-22-13-15-29(6,24(20)33)27(22,3)4/h7-11,19-22H,12-17H2,1-6H3,(H,30,34). The number of thiocarbonyl (C=S) groups is 1. The number of carbonyl (C=O) groups excluding carboxylic acids is 2. The van der Waals surface area contributed by atoms with Crippen molar-refractivity contribution in [2.24, 2.45) is 45.3 Å².